The summed E-state index contributed by atoms with van der Waals surface area (Å²) in [5, 5.41) is 1.00. The van der Waals surface area contributed by atoms with Gasteiger partial charge in [0.05, 0.1) is 10.9 Å². The van der Waals surface area contributed by atoms with Gasteiger partial charge in [-0.1, -0.05) is 18.2 Å². The molecule has 0 atom stereocenters. The number of halogens is 4. The third-order valence-electron chi connectivity index (χ3n) is 3.08. The second-order valence-electron chi connectivity index (χ2n) is 4.94. The summed E-state index contributed by atoms with van der Waals surface area (Å²) in [4.78, 5) is 0. The standard InChI is InChI=1S/C13H14BrF3N2O2S2/c1-18(2)23(20,21)19(8-7-13(15,16)17)12-11(14)9-5-3-4-6-10(9)22-12/h3-6H,7-8H2,1-2H3. The lowest BCUT2D eigenvalue weighted by atomic mass is 10.3. The van der Waals surface area contributed by atoms with Crippen molar-refractivity contribution in [1.29, 1.82) is 0 Å². The van der Waals surface area contributed by atoms with Crippen molar-refractivity contribution in [2.45, 2.75) is 12.6 Å². The van der Waals surface area contributed by atoms with Crippen LogP contribution in [-0.2, 0) is 10.2 Å². The largest absolute Gasteiger partial charge is 0.390 e. The van der Waals surface area contributed by atoms with Gasteiger partial charge in [0.1, 0.15) is 5.00 Å². The molecule has 0 unspecified atom stereocenters. The van der Waals surface area contributed by atoms with Crippen molar-refractivity contribution < 1.29 is 21.6 Å². The summed E-state index contributed by atoms with van der Waals surface area (Å²) in [5.41, 5.74) is 0. The quantitative estimate of drug-likeness (QED) is 0.711. The lowest BCUT2D eigenvalue weighted by Crippen LogP contribution is -2.41. The van der Waals surface area contributed by atoms with Crippen molar-refractivity contribution >= 4 is 52.6 Å². The Morgan fingerprint density at radius 3 is 2.35 bits per heavy atom. The number of hydrogen-bond donors (Lipinski definition) is 0. The average Bonchev–Trinajstić information content (AvgIpc) is 2.75. The van der Waals surface area contributed by atoms with Gasteiger partial charge in [-0.25, -0.2) is 4.31 Å². The van der Waals surface area contributed by atoms with Crippen LogP contribution in [0.3, 0.4) is 0 Å². The minimum absolute atomic E-state index is 0.240. The monoisotopic (exact) mass is 430 g/mol. The molecule has 0 aliphatic heterocycles. The number of hydrogen-bond acceptors (Lipinski definition) is 3. The van der Waals surface area contributed by atoms with Crippen molar-refractivity contribution in [3.63, 3.8) is 0 Å². The van der Waals surface area contributed by atoms with Crippen LogP contribution < -0.4 is 4.31 Å². The van der Waals surface area contributed by atoms with E-state index >= 15 is 0 Å². The summed E-state index contributed by atoms with van der Waals surface area (Å²) in [6.45, 7) is -0.671. The number of alkyl halides is 3. The number of nitrogens with zero attached hydrogens (tertiary/aromatic N) is 2. The molecule has 0 aliphatic rings. The van der Waals surface area contributed by atoms with E-state index in [4.69, 9.17) is 0 Å². The highest BCUT2D eigenvalue weighted by Gasteiger charge is 2.34. The Morgan fingerprint density at radius 2 is 1.83 bits per heavy atom. The maximum atomic E-state index is 12.6. The molecule has 10 heteroatoms. The minimum Gasteiger partial charge on any atom is -0.247 e. The van der Waals surface area contributed by atoms with E-state index in [9.17, 15) is 21.6 Å². The number of rotatable bonds is 5. The molecule has 0 bridgehead atoms. The SMILES string of the molecule is CN(C)S(=O)(=O)N(CCC(F)(F)F)c1sc2ccccc2c1Br. The van der Waals surface area contributed by atoms with E-state index in [1.165, 1.54) is 14.1 Å². The number of anilines is 1. The Labute approximate surface area is 144 Å². The number of benzene rings is 1. The van der Waals surface area contributed by atoms with Gasteiger partial charge in [-0.3, -0.25) is 0 Å². The predicted octanol–water partition coefficient (Wildman–Crippen LogP) is 4.23. The molecule has 0 saturated carbocycles. The molecular weight excluding hydrogens is 417 g/mol. The first-order valence-corrected chi connectivity index (χ1v) is 9.48. The summed E-state index contributed by atoms with van der Waals surface area (Å²) in [7, 11) is -1.46. The van der Waals surface area contributed by atoms with E-state index in [0.717, 1.165) is 30.0 Å². The normalized spacial score (nSPS) is 13.0. The zero-order chi connectivity index (χ0) is 17.4. The van der Waals surface area contributed by atoms with Gasteiger partial charge in [-0.2, -0.15) is 25.9 Å². The molecule has 1 aromatic heterocycles. The maximum Gasteiger partial charge on any atom is 0.390 e. The predicted molar refractivity (Wildman–Crippen MR) is 90.1 cm³/mol. The summed E-state index contributed by atoms with van der Waals surface area (Å²) in [6, 6.07) is 7.14. The fraction of sp³-hybridized carbons (Fsp3) is 0.385. The highest BCUT2D eigenvalue weighted by atomic mass is 79.9. The van der Waals surface area contributed by atoms with E-state index in [-0.39, 0.29) is 5.00 Å². The zero-order valence-corrected chi connectivity index (χ0v) is 15.5. The fourth-order valence-electron chi connectivity index (χ4n) is 1.91. The molecule has 2 aromatic rings. The molecule has 0 fully saturated rings. The molecule has 0 spiro atoms. The molecule has 0 saturated heterocycles. The first kappa shape index (κ1) is 18.5. The first-order chi connectivity index (χ1) is 10.5. The van der Waals surface area contributed by atoms with E-state index in [0.29, 0.717) is 4.47 Å². The van der Waals surface area contributed by atoms with Crippen LogP contribution in [-0.4, -0.2) is 39.5 Å². The molecule has 23 heavy (non-hydrogen) atoms. The second-order valence-corrected chi connectivity index (χ2v) is 8.84. The smallest absolute Gasteiger partial charge is 0.247 e. The Hall–Kier alpha value is -0.840. The Balaban J connectivity index is 2.53. The van der Waals surface area contributed by atoms with Gasteiger partial charge in [-0.15, -0.1) is 11.3 Å². The van der Waals surface area contributed by atoms with Crippen molar-refractivity contribution in [1.82, 2.24) is 4.31 Å². The lowest BCUT2D eigenvalue weighted by Gasteiger charge is -2.26. The molecule has 0 aliphatic carbocycles. The van der Waals surface area contributed by atoms with Crippen LogP contribution >= 0.6 is 27.3 Å². The Morgan fingerprint density at radius 1 is 1.22 bits per heavy atom. The van der Waals surface area contributed by atoms with Crippen LogP contribution in [0.4, 0.5) is 18.2 Å². The van der Waals surface area contributed by atoms with Gasteiger partial charge in [0.25, 0.3) is 0 Å². The first-order valence-electron chi connectivity index (χ1n) is 6.48. The van der Waals surface area contributed by atoms with Gasteiger partial charge in [0, 0.05) is 30.7 Å². The van der Waals surface area contributed by atoms with E-state index in [1.807, 2.05) is 0 Å². The van der Waals surface area contributed by atoms with Gasteiger partial charge < -0.3 is 0 Å². The third-order valence-corrected chi connectivity index (χ3v) is 7.30. The van der Waals surface area contributed by atoms with Crippen LogP contribution in [0, 0.1) is 0 Å². The van der Waals surface area contributed by atoms with Crippen molar-refractivity contribution in [3.05, 3.63) is 28.7 Å². The fourth-order valence-corrected chi connectivity index (χ4v) is 5.40. The Kier molecular flexibility index (Phi) is 5.29. The van der Waals surface area contributed by atoms with Crippen molar-refractivity contribution in [2.24, 2.45) is 0 Å². The molecule has 1 aromatic carbocycles. The molecular formula is C13H14BrF3N2O2S2. The summed E-state index contributed by atoms with van der Waals surface area (Å²) in [5.74, 6) is 0. The second kappa shape index (κ2) is 6.58. The zero-order valence-electron chi connectivity index (χ0n) is 12.3. The lowest BCUT2D eigenvalue weighted by molar-refractivity contribution is -0.131. The van der Waals surface area contributed by atoms with E-state index in [2.05, 4.69) is 15.9 Å². The minimum atomic E-state index is -4.44. The summed E-state index contributed by atoms with van der Waals surface area (Å²) < 4.78 is 65.6. The number of thiophene rings is 1. The van der Waals surface area contributed by atoms with E-state index < -0.39 is 29.4 Å². The molecule has 0 N–H and O–H groups in total. The highest BCUT2D eigenvalue weighted by Crippen LogP contribution is 2.43. The van der Waals surface area contributed by atoms with Crippen molar-refractivity contribution in [2.75, 3.05) is 24.9 Å². The van der Waals surface area contributed by atoms with Gasteiger partial charge in [0.15, 0.2) is 0 Å². The molecule has 4 nitrogen and oxygen atoms in total. The summed E-state index contributed by atoms with van der Waals surface area (Å²) >= 11 is 4.45. The molecule has 1 heterocycles. The average molecular weight is 431 g/mol. The highest BCUT2D eigenvalue weighted by molar-refractivity contribution is 9.10. The maximum absolute atomic E-state index is 12.6. The van der Waals surface area contributed by atoms with Crippen LogP contribution in [0.5, 0.6) is 0 Å². The molecule has 0 amide bonds. The molecule has 2 rings (SSSR count). The van der Waals surface area contributed by atoms with Gasteiger partial charge in [0.2, 0.25) is 0 Å². The van der Waals surface area contributed by atoms with Crippen molar-refractivity contribution in [3.8, 4) is 0 Å². The molecule has 0 radical (unpaired) electrons. The van der Waals surface area contributed by atoms with E-state index in [1.54, 1.807) is 24.3 Å². The third kappa shape index (κ3) is 3.98. The van der Waals surface area contributed by atoms with Crippen LogP contribution in [0.15, 0.2) is 28.7 Å². The summed E-state index contributed by atoms with van der Waals surface area (Å²) in [6.07, 6.45) is -5.66. The van der Waals surface area contributed by atoms with Crippen LogP contribution in [0.2, 0.25) is 0 Å². The van der Waals surface area contributed by atoms with Crippen LogP contribution in [0.25, 0.3) is 10.1 Å². The van der Waals surface area contributed by atoms with Gasteiger partial charge >= 0.3 is 16.4 Å². The Bertz CT molecular complexity index is 803. The van der Waals surface area contributed by atoms with Crippen LogP contribution in [0.1, 0.15) is 6.42 Å². The topological polar surface area (TPSA) is 40.6 Å². The number of fused-ring (bicyclic) bond motifs is 1. The van der Waals surface area contributed by atoms with Gasteiger partial charge in [-0.05, 0) is 22.0 Å². The molecule has 128 valence electrons.